The van der Waals surface area contributed by atoms with Crippen LogP contribution in [0, 0.1) is 17.8 Å². The number of methoxy groups -OCH3 is 1. The van der Waals surface area contributed by atoms with Crippen LogP contribution in [-0.2, 0) is 9.53 Å². The molecule has 11 heteroatoms. The lowest BCUT2D eigenvalue weighted by atomic mass is 9.63. The Hall–Kier alpha value is -0.745. The van der Waals surface area contributed by atoms with Gasteiger partial charge in [0.1, 0.15) is 0 Å². The van der Waals surface area contributed by atoms with Gasteiger partial charge in [0.2, 0.25) is 5.91 Å². The molecule has 0 radical (unpaired) electrons. The Morgan fingerprint density at radius 1 is 1.11 bits per heavy atom. The van der Waals surface area contributed by atoms with E-state index in [-0.39, 0.29) is 41.6 Å². The Kier molecular flexibility index (Phi) is 9.72. The van der Waals surface area contributed by atoms with Crippen molar-refractivity contribution in [2.75, 3.05) is 13.7 Å². The molecule has 0 bridgehead atoms. The highest BCUT2D eigenvalue weighted by molar-refractivity contribution is 6.43. The second-order valence-corrected chi connectivity index (χ2v) is 13.1. The van der Waals surface area contributed by atoms with Gasteiger partial charge in [-0.1, -0.05) is 12.8 Å². The molecule has 38 heavy (non-hydrogen) atoms. The van der Waals surface area contributed by atoms with Crippen LogP contribution in [0.2, 0.25) is 5.82 Å². The third kappa shape index (κ3) is 6.42. The standard InChI is InChI=1S/C27H47BClN5O4/c1-16-32-33-27-23(14-25(35)30-15-17-3-7-19(8-4-17)28(36)37)31-26(18-5-9-20(29)10-6-18)22-13-21(38-2)11-12-24(22)34(16)27/h16-24,27,32-33,36-37H,3-15H2,1-2H3,(H,30,35)/t16?,17?,18?,19?,20?,21?,22?,23-,24?,27?/m0/s1. The summed E-state index contributed by atoms with van der Waals surface area (Å²) in [5.41, 5.74) is 8.24. The lowest BCUT2D eigenvalue weighted by Gasteiger charge is -2.44. The van der Waals surface area contributed by atoms with Gasteiger partial charge in [-0.05, 0) is 82.4 Å². The number of ether oxygens (including phenoxy) is 1. The first-order chi connectivity index (χ1) is 18.3. The summed E-state index contributed by atoms with van der Waals surface area (Å²) in [6.45, 7) is 2.85. The summed E-state index contributed by atoms with van der Waals surface area (Å²) in [5, 5.41) is 22.4. The fraction of sp³-hybridized carbons (Fsp3) is 0.926. The quantitative estimate of drug-likeness (QED) is 0.244. The summed E-state index contributed by atoms with van der Waals surface area (Å²) in [6, 6.07) is 0.213. The molecule has 4 fully saturated rings. The van der Waals surface area contributed by atoms with Crippen LogP contribution in [0.3, 0.4) is 0 Å². The maximum absolute atomic E-state index is 13.3. The number of hydrogen-bond donors (Lipinski definition) is 5. The number of halogens is 1. The number of carbonyl (C=O) groups is 1. The van der Waals surface area contributed by atoms with Crippen molar-refractivity contribution in [3.05, 3.63) is 0 Å². The molecule has 9 nitrogen and oxygen atoms in total. The average Bonchev–Trinajstić information content (AvgIpc) is 3.25. The number of hydrazine groups is 1. The predicted molar refractivity (Wildman–Crippen MR) is 150 cm³/mol. The zero-order chi connectivity index (χ0) is 26.8. The molecule has 2 heterocycles. The van der Waals surface area contributed by atoms with E-state index >= 15 is 0 Å². The summed E-state index contributed by atoms with van der Waals surface area (Å²) in [6.07, 6.45) is 11.5. The van der Waals surface area contributed by atoms with Crippen LogP contribution in [-0.4, -0.2) is 83.2 Å². The van der Waals surface area contributed by atoms with Crippen LogP contribution in [0.5, 0.6) is 0 Å². The maximum Gasteiger partial charge on any atom is 0.454 e. The molecule has 2 aliphatic heterocycles. The highest BCUT2D eigenvalue weighted by Gasteiger charge is 2.50. The van der Waals surface area contributed by atoms with Crippen LogP contribution in [0.25, 0.3) is 0 Å². The fourth-order valence-corrected chi connectivity index (χ4v) is 8.12. The Balaban J connectivity index is 1.31. The van der Waals surface area contributed by atoms with Crippen molar-refractivity contribution in [2.24, 2.45) is 22.7 Å². The predicted octanol–water partition coefficient (Wildman–Crippen LogP) is 2.41. The van der Waals surface area contributed by atoms with Gasteiger partial charge >= 0.3 is 7.12 Å². The van der Waals surface area contributed by atoms with Crippen LogP contribution < -0.4 is 16.2 Å². The largest absolute Gasteiger partial charge is 0.454 e. The average molecular weight is 552 g/mol. The molecule has 0 spiro atoms. The maximum atomic E-state index is 13.3. The number of carbonyl (C=O) groups excluding carboxylic acids is 1. The Morgan fingerprint density at radius 3 is 2.53 bits per heavy atom. The number of nitrogens with zero attached hydrogens (tertiary/aromatic N) is 2. The number of aliphatic imine (C=N–C) groups is 1. The highest BCUT2D eigenvalue weighted by atomic mass is 35.5. The molecule has 214 valence electrons. The Labute approximate surface area is 233 Å². The first-order valence-electron chi connectivity index (χ1n) is 15.0. The zero-order valence-corrected chi connectivity index (χ0v) is 23.8. The molecular formula is C27H47BClN5O4. The van der Waals surface area contributed by atoms with Crippen molar-refractivity contribution in [3.63, 3.8) is 0 Å². The summed E-state index contributed by atoms with van der Waals surface area (Å²) >= 11 is 6.49. The molecule has 5 unspecified atom stereocenters. The van der Waals surface area contributed by atoms with Gasteiger partial charge in [-0.15, -0.1) is 11.6 Å². The number of alkyl halides is 1. The first kappa shape index (κ1) is 28.8. The number of rotatable bonds is 7. The van der Waals surface area contributed by atoms with E-state index in [2.05, 4.69) is 28.0 Å². The van der Waals surface area contributed by atoms with Gasteiger partial charge in [-0.2, -0.15) is 0 Å². The second kappa shape index (κ2) is 12.8. The van der Waals surface area contributed by atoms with Gasteiger partial charge in [-0.25, -0.2) is 10.9 Å². The molecule has 3 saturated carbocycles. The van der Waals surface area contributed by atoms with E-state index in [1.54, 1.807) is 0 Å². The van der Waals surface area contributed by atoms with Gasteiger partial charge < -0.3 is 20.1 Å². The third-order valence-corrected chi connectivity index (χ3v) is 10.6. The van der Waals surface area contributed by atoms with Crippen LogP contribution in [0.15, 0.2) is 4.99 Å². The minimum absolute atomic E-state index is 0.0225. The molecule has 1 amide bonds. The molecule has 3 aliphatic carbocycles. The summed E-state index contributed by atoms with van der Waals surface area (Å²) in [4.78, 5) is 21.3. The van der Waals surface area contributed by atoms with Crippen molar-refractivity contribution in [1.29, 1.82) is 0 Å². The molecule has 5 rings (SSSR count). The third-order valence-electron chi connectivity index (χ3n) is 10.1. The van der Waals surface area contributed by atoms with E-state index in [4.69, 9.17) is 21.3 Å². The summed E-state index contributed by atoms with van der Waals surface area (Å²) in [7, 11) is 0.598. The first-order valence-corrected chi connectivity index (χ1v) is 15.4. The molecule has 5 aliphatic rings. The molecule has 0 aromatic heterocycles. The van der Waals surface area contributed by atoms with Crippen molar-refractivity contribution in [3.8, 4) is 0 Å². The number of nitrogens with one attached hydrogen (secondary N) is 3. The number of fused-ring (bicyclic) bond motifs is 3. The molecule has 0 aromatic rings. The molecule has 1 saturated heterocycles. The van der Waals surface area contributed by atoms with Gasteiger partial charge in [0.15, 0.2) is 0 Å². The minimum Gasteiger partial charge on any atom is -0.427 e. The van der Waals surface area contributed by atoms with Crippen molar-refractivity contribution < 1.29 is 19.6 Å². The van der Waals surface area contributed by atoms with Crippen molar-refractivity contribution in [2.45, 2.75) is 126 Å². The van der Waals surface area contributed by atoms with Gasteiger partial charge in [-0.3, -0.25) is 14.7 Å². The van der Waals surface area contributed by atoms with Crippen molar-refractivity contribution in [1.82, 2.24) is 21.1 Å². The fourth-order valence-electron chi connectivity index (χ4n) is 7.87. The topological polar surface area (TPSA) is 118 Å². The van der Waals surface area contributed by atoms with E-state index in [0.29, 0.717) is 36.8 Å². The van der Waals surface area contributed by atoms with Gasteiger partial charge in [0.25, 0.3) is 0 Å². The SMILES string of the molecule is COC1CCC2C(C1)C(C1CCC(Cl)CC1)=N[C@@H](CC(=O)NCC1CCC(B(O)O)CC1)C1NNC(C)N21. The molecular weight excluding hydrogens is 505 g/mol. The summed E-state index contributed by atoms with van der Waals surface area (Å²) in [5.74, 6) is 1.17. The monoisotopic (exact) mass is 551 g/mol. The van der Waals surface area contributed by atoms with Crippen LogP contribution in [0.4, 0.5) is 0 Å². The number of hydrogen-bond acceptors (Lipinski definition) is 8. The lowest BCUT2D eigenvalue weighted by Crippen LogP contribution is -2.55. The van der Waals surface area contributed by atoms with E-state index in [0.717, 1.165) is 70.6 Å². The second-order valence-electron chi connectivity index (χ2n) is 12.5. The molecule has 6 atom stereocenters. The smallest absolute Gasteiger partial charge is 0.427 e. The van der Waals surface area contributed by atoms with E-state index in [1.807, 2.05) is 7.11 Å². The Bertz CT molecular complexity index is 836. The normalized spacial score (nSPS) is 42.0. The highest BCUT2D eigenvalue weighted by Crippen LogP contribution is 2.42. The zero-order valence-electron chi connectivity index (χ0n) is 23.0. The van der Waals surface area contributed by atoms with Crippen LogP contribution >= 0.6 is 11.6 Å². The van der Waals surface area contributed by atoms with Crippen LogP contribution in [0.1, 0.15) is 84.0 Å². The molecule has 5 N–H and O–H groups in total. The Morgan fingerprint density at radius 2 is 1.84 bits per heavy atom. The lowest BCUT2D eigenvalue weighted by molar-refractivity contribution is -0.122. The number of amides is 1. The van der Waals surface area contributed by atoms with Gasteiger partial charge in [0, 0.05) is 36.7 Å². The van der Waals surface area contributed by atoms with Gasteiger partial charge in [0.05, 0.1) is 30.9 Å². The van der Waals surface area contributed by atoms with E-state index < -0.39 is 7.12 Å². The summed E-state index contributed by atoms with van der Waals surface area (Å²) < 4.78 is 5.85. The molecule has 0 aromatic carbocycles. The van der Waals surface area contributed by atoms with E-state index in [1.165, 1.54) is 5.71 Å². The minimum atomic E-state index is -1.23. The van der Waals surface area contributed by atoms with Crippen molar-refractivity contribution >= 4 is 30.3 Å². The van der Waals surface area contributed by atoms with E-state index in [9.17, 15) is 14.8 Å².